The van der Waals surface area contributed by atoms with E-state index in [2.05, 4.69) is 40.9 Å². The lowest BCUT2D eigenvalue weighted by Gasteiger charge is -2.34. The third-order valence-electron chi connectivity index (χ3n) is 4.25. The van der Waals surface area contributed by atoms with Gasteiger partial charge in [0.1, 0.15) is 0 Å². The van der Waals surface area contributed by atoms with Gasteiger partial charge in [-0.2, -0.15) is 11.3 Å². The SMILES string of the molecule is CCN1CCC(C(C)NCCc2ccsc2)CC1. The summed E-state index contributed by atoms with van der Waals surface area (Å²) in [6, 6.07) is 2.90. The number of nitrogens with one attached hydrogen (secondary N) is 1. The number of likely N-dealkylation sites (tertiary alicyclic amines) is 1. The van der Waals surface area contributed by atoms with E-state index in [9.17, 15) is 0 Å². The molecule has 0 aliphatic carbocycles. The summed E-state index contributed by atoms with van der Waals surface area (Å²) in [4.78, 5) is 2.56. The van der Waals surface area contributed by atoms with E-state index in [0.717, 1.165) is 12.5 Å². The summed E-state index contributed by atoms with van der Waals surface area (Å²) in [6.07, 6.45) is 3.89. The first-order valence-electron chi connectivity index (χ1n) is 7.26. The van der Waals surface area contributed by atoms with Gasteiger partial charge in [0.2, 0.25) is 0 Å². The van der Waals surface area contributed by atoms with Gasteiger partial charge >= 0.3 is 0 Å². The first-order valence-corrected chi connectivity index (χ1v) is 8.20. The summed E-state index contributed by atoms with van der Waals surface area (Å²) in [6.45, 7) is 9.54. The average Bonchev–Trinajstić information content (AvgIpc) is 2.92. The molecule has 1 aliphatic heterocycles. The second-order valence-corrected chi connectivity index (χ2v) is 6.18. The molecule has 0 radical (unpaired) electrons. The van der Waals surface area contributed by atoms with Crippen LogP contribution in [0, 0.1) is 5.92 Å². The van der Waals surface area contributed by atoms with E-state index in [-0.39, 0.29) is 0 Å². The normalized spacial score (nSPS) is 20.1. The molecule has 102 valence electrons. The Kier molecular flexibility index (Phi) is 5.67. The second-order valence-electron chi connectivity index (χ2n) is 5.40. The van der Waals surface area contributed by atoms with Crippen molar-refractivity contribution in [1.29, 1.82) is 0 Å². The Morgan fingerprint density at radius 3 is 2.83 bits per heavy atom. The molecule has 2 rings (SSSR count). The fourth-order valence-corrected chi connectivity index (χ4v) is 3.52. The minimum Gasteiger partial charge on any atom is -0.314 e. The predicted octanol–water partition coefficient (Wildman–Crippen LogP) is 3.00. The molecule has 0 amide bonds. The molecule has 1 unspecified atom stereocenters. The van der Waals surface area contributed by atoms with Crippen LogP contribution in [0.2, 0.25) is 0 Å². The highest BCUT2D eigenvalue weighted by molar-refractivity contribution is 7.07. The largest absolute Gasteiger partial charge is 0.314 e. The van der Waals surface area contributed by atoms with E-state index in [1.807, 2.05) is 0 Å². The monoisotopic (exact) mass is 266 g/mol. The van der Waals surface area contributed by atoms with E-state index in [0.29, 0.717) is 6.04 Å². The van der Waals surface area contributed by atoms with Crippen LogP contribution in [0.15, 0.2) is 16.8 Å². The highest BCUT2D eigenvalue weighted by Gasteiger charge is 2.22. The lowest BCUT2D eigenvalue weighted by Crippen LogP contribution is -2.42. The minimum absolute atomic E-state index is 0.669. The van der Waals surface area contributed by atoms with Crippen molar-refractivity contribution in [3.63, 3.8) is 0 Å². The van der Waals surface area contributed by atoms with Gasteiger partial charge in [0, 0.05) is 6.04 Å². The van der Waals surface area contributed by atoms with Gasteiger partial charge in [0.25, 0.3) is 0 Å². The number of nitrogens with zero attached hydrogens (tertiary/aromatic N) is 1. The van der Waals surface area contributed by atoms with Gasteiger partial charge in [0.15, 0.2) is 0 Å². The highest BCUT2D eigenvalue weighted by Crippen LogP contribution is 2.20. The van der Waals surface area contributed by atoms with Crippen LogP contribution >= 0.6 is 11.3 Å². The van der Waals surface area contributed by atoms with Crippen molar-refractivity contribution in [2.45, 2.75) is 39.2 Å². The van der Waals surface area contributed by atoms with Crippen LogP contribution < -0.4 is 5.32 Å². The Morgan fingerprint density at radius 2 is 2.22 bits per heavy atom. The Hall–Kier alpha value is -0.380. The van der Waals surface area contributed by atoms with Gasteiger partial charge in [-0.05, 0) is 80.7 Å². The van der Waals surface area contributed by atoms with E-state index < -0.39 is 0 Å². The molecule has 1 fully saturated rings. The zero-order valence-corrected chi connectivity index (χ0v) is 12.5. The number of thiophene rings is 1. The molecule has 3 heteroatoms. The molecular formula is C15H26N2S. The predicted molar refractivity (Wildman–Crippen MR) is 80.3 cm³/mol. The summed E-state index contributed by atoms with van der Waals surface area (Å²) in [5.41, 5.74) is 1.47. The molecule has 1 saturated heterocycles. The molecule has 1 atom stereocenters. The maximum absolute atomic E-state index is 3.71. The molecular weight excluding hydrogens is 240 g/mol. The van der Waals surface area contributed by atoms with Crippen molar-refractivity contribution in [3.8, 4) is 0 Å². The first-order chi connectivity index (χ1) is 8.79. The third kappa shape index (κ3) is 4.08. The molecule has 1 N–H and O–H groups in total. The lowest BCUT2D eigenvalue weighted by molar-refractivity contribution is 0.169. The zero-order valence-electron chi connectivity index (χ0n) is 11.7. The fraction of sp³-hybridized carbons (Fsp3) is 0.733. The van der Waals surface area contributed by atoms with E-state index in [1.165, 1.54) is 44.5 Å². The first kappa shape index (κ1) is 14.0. The highest BCUT2D eigenvalue weighted by atomic mass is 32.1. The maximum Gasteiger partial charge on any atom is 0.00680 e. The summed E-state index contributed by atoms with van der Waals surface area (Å²) in [5.74, 6) is 0.871. The summed E-state index contributed by atoms with van der Waals surface area (Å²) in [5, 5.41) is 8.13. The number of piperidine rings is 1. The number of hydrogen-bond donors (Lipinski definition) is 1. The summed E-state index contributed by atoms with van der Waals surface area (Å²) >= 11 is 1.80. The van der Waals surface area contributed by atoms with Gasteiger partial charge in [0.05, 0.1) is 0 Å². The Morgan fingerprint density at radius 1 is 1.44 bits per heavy atom. The Bertz CT molecular complexity index is 315. The standard InChI is InChI=1S/C15H26N2S/c1-3-17-9-5-15(6-10-17)13(2)16-8-4-14-7-11-18-12-14/h7,11-13,15-16H,3-6,8-10H2,1-2H3. The van der Waals surface area contributed by atoms with Crippen LogP contribution in [-0.4, -0.2) is 37.1 Å². The Balaban J connectivity index is 1.64. The molecule has 2 nitrogen and oxygen atoms in total. The smallest absolute Gasteiger partial charge is 0.00680 e. The van der Waals surface area contributed by atoms with Gasteiger partial charge in [-0.15, -0.1) is 0 Å². The summed E-state index contributed by atoms with van der Waals surface area (Å²) in [7, 11) is 0. The van der Waals surface area contributed by atoms with Crippen molar-refractivity contribution in [1.82, 2.24) is 10.2 Å². The third-order valence-corrected chi connectivity index (χ3v) is 4.98. The maximum atomic E-state index is 3.71. The second kappa shape index (κ2) is 7.27. The van der Waals surface area contributed by atoms with Crippen molar-refractivity contribution in [2.75, 3.05) is 26.2 Å². The van der Waals surface area contributed by atoms with Crippen molar-refractivity contribution in [3.05, 3.63) is 22.4 Å². The van der Waals surface area contributed by atoms with Crippen LogP contribution in [0.1, 0.15) is 32.3 Å². The number of rotatable bonds is 6. The van der Waals surface area contributed by atoms with Crippen LogP contribution in [0.25, 0.3) is 0 Å². The average molecular weight is 266 g/mol. The topological polar surface area (TPSA) is 15.3 Å². The van der Waals surface area contributed by atoms with E-state index >= 15 is 0 Å². The Labute approximate surface area is 115 Å². The number of hydrogen-bond acceptors (Lipinski definition) is 3. The van der Waals surface area contributed by atoms with Crippen molar-refractivity contribution < 1.29 is 0 Å². The van der Waals surface area contributed by atoms with Crippen LogP contribution in [0.4, 0.5) is 0 Å². The zero-order chi connectivity index (χ0) is 12.8. The molecule has 0 spiro atoms. The molecule has 2 heterocycles. The molecule has 1 aliphatic rings. The van der Waals surface area contributed by atoms with Gasteiger partial charge in [-0.25, -0.2) is 0 Å². The van der Waals surface area contributed by atoms with Gasteiger partial charge in [-0.3, -0.25) is 0 Å². The molecule has 1 aromatic rings. The van der Waals surface area contributed by atoms with E-state index in [4.69, 9.17) is 0 Å². The molecule has 1 aromatic heterocycles. The van der Waals surface area contributed by atoms with Crippen molar-refractivity contribution in [2.24, 2.45) is 5.92 Å². The molecule has 0 bridgehead atoms. The quantitative estimate of drug-likeness (QED) is 0.851. The molecule has 0 saturated carbocycles. The van der Waals surface area contributed by atoms with Gasteiger partial charge < -0.3 is 10.2 Å². The van der Waals surface area contributed by atoms with Crippen LogP contribution in [0.3, 0.4) is 0 Å². The van der Waals surface area contributed by atoms with Crippen molar-refractivity contribution >= 4 is 11.3 Å². The molecule has 18 heavy (non-hydrogen) atoms. The van der Waals surface area contributed by atoms with Crippen LogP contribution in [0.5, 0.6) is 0 Å². The summed E-state index contributed by atoms with van der Waals surface area (Å²) < 4.78 is 0. The lowest BCUT2D eigenvalue weighted by atomic mass is 9.90. The molecule has 0 aromatic carbocycles. The fourth-order valence-electron chi connectivity index (χ4n) is 2.81. The van der Waals surface area contributed by atoms with E-state index in [1.54, 1.807) is 11.3 Å². The van der Waals surface area contributed by atoms with Crippen LogP contribution in [-0.2, 0) is 6.42 Å². The minimum atomic E-state index is 0.669. The van der Waals surface area contributed by atoms with Gasteiger partial charge in [-0.1, -0.05) is 6.92 Å².